The van der Waals surface area contributed by atoms with Crippen LogP contribution in [0.1, 0.15) is 6.92 Å². The molecule has 154 valence electrons. The van der Waals surface area contributed by atoms with Crippen molar-refractivity contribution in [1.29, 1.82) is 0 Å². The van der Waals surface area contributed by atoms with E-state index in [1.165, 1.54) is 22.0 Å². The molecule has 0 aromatic heterocycles. The molecule has 3 aromatic rings. The second-order valence-electron chi connectivity index (χ2n) is 7.18. The van der Waals surface area contributed by atoms with Crippen molar-refractivity contribution in [3.05, 3.63) is 89.3 Å². The van der Waals surface area contributed by atoms with Crippen molar-refractivity contribution in [2.75, 3.05) is 18.0 Å². The normalized spacial score (nSPS) is 19.5. The Kier molecular flexibility index (Phi) is 5.34. The van der Waals surface area contributed by atoms with E-state index in [-0.39, 0.29) is 5.91 Å². The quantitative estimate of drug-likeness (QED) is 0.346. The maximum absolute atomic E-state index is 13.4. The highest BCUT2D eigenvalue weighted by atomic mass is 32.2. The average molecular weight is 444 g/mol. The first-order valence-corrected chi connectivity index (χ1v) is 11.8. The van der Waals surface area contributed by atoms with Crippen molar-refractivity contribution in [1.82, 2.24) is 4.90 Å². The summed E-state index contributed by atoms with van der Waals surface area (Å²) in [6, 6.07) is 22.6. The Balaban J connectivity index is 1.56. The van der Waals surface area contributed by atoms with E-state index in [0.29, 0.717) is 11.7 Å². The molecule has 2 heterocycles. The second-order valence-corrected chi connectivity index (χ2v) is 9.19. The number of carbonyl (C=O) groups excluding carboxylic acids is 1. The molecule has 0 N–H and O–H groups in total. The lowest BCUT2D eigenvalue weighted by Gasteiger charge is -2.19. The van der Waals surface area contributed by atoms with Crippen molar-refractivity contribution >= 4 is 56.7 Å². The van der Waals surface area contributed by atoms with E-state index in [0.717, 1.165) is 33.2 Å². The largest absolute Gasteiger partial charge is 0.334 e. The smallest absolute Gasteiger partial charge is 0.269 e. The SMILES string of the molecule is C=CCN1C(=O)C(=C2Sc3ccccc3N2CC)SC1=Nc1ccc2ccccc2c1. The number of rotatable bonds is 4. The van der Waals surface area contributed by atoms with Gasteiger partial charge in [0.2, 0.25) is 0 Å². The summed E-state index contributed by atoms with van der Waals surface area (Å²) in [7, 11) is 0. The molecule has 1 fully saturated rings. The lowest BCUT2D eigenvalue weighted by molar-refractivity contribution is -0.121. The molecule has 1 amide bonds. The van der Waals surface area contributed by atoms with E-state index in [9.17, 15) is 4.79 Å². The number of hydrogen-bond donors (Lipinski definition) is 0. The number of amidine groups is 1. The molecule has 6 heteroatoms. The fourth-order valence-electron chi connectivity index (χ4n) is 3.78. The van der Waals surface area contributed by atoms with Gasteiger partial charge in [-0.2, -0.15) is 0 Å². The predicted octanol–water partition coefficient (Wildman–Crippen LogP) is 6.39. The maximum Gasteiger partial charge on any atom is 0.269 e. The number of thioether (sulfide) groups is 2. The second kappa shape index (κ2) is 8.29. The summed E-state index contributed by atoms with van der Waals surface area (Å²) in [5, 5.41) is 3.98. The van der Waals surface area contributed by atoms with E-state index in [2.05, 4.69) is 54.8 Å². The Morgan fingerprint density at radius 1 is 0.968 bits per heavy atom. The summed E-state index contributed by atoms with van der Waals surface area (Å²) < 4.78 is 0. The number of para-hydroxylation sites is 1. The summed E-state index contributed by atoms with van der Waals surface area (Å²) in [5.41, 5.74) is 1.99. The number of nitrogens with zero attached hydrogens (tertiary/aromatic N) is 3. The van der Waals surface area contributed by atoms with Crippen molar-refractivity contribution in [3.8, 4) is 0 Å². The fourth-order valence-corrected chi connectivity index (χ4v) is 6.18. The topological polar surface area (TPSA) is 35.9 Å². The Labute approximate surface area is 190 Å². The third-order valence-corrected chi connectivity index (χ3v) is 7.63. The molecule has 0 aliphatic carbocycles. The highest BCUT2D eigenvalue weighted by Crippen LogP contribution is 2.50. The van der Waals surface area contributed by atoms with Crippen molar-refractivity contribution in [3.63, 3.8) is 0 Å². The van der Waals surface area contributed by atoms with Crippen LogP contribution in [0.4, 0.5) is 11.4 Å². The van der Waals surface area contributed by atoms with E-state index in [1.54, 1.807) is 22.7 Å². The van der Waals surface area contributed by atoms with Gasteiger partial charge in [-0.05, 0) is 53.7 Å². The molecule has 0 bridgehead atoms. The lowest BCUT2D eigenvalue weighted by atomic mass is 10.1. The third kappa shape index (κ3) is 3.56. The Bertz CT molecular complexity index is 1260. The monoisotopic (exact) mass is 443 g/mol. The highest BCUT2D eigenvalue weighted by molar-refractivity contribution is 8.19. The number of anilines is 1. The molecule has 0 atom stereocenters. The van der Waals surface area contributed by atoms with E-state index >= 15 is 0 Å². The average Bonchev–Trinajstić information content (AvgIpc) is 3.31. The number of carbonyl (C=O) groups is 1. The molecule has 1 saturated heterocycles. The summed E-state index contributed by atoms with van der Waals surface area (Å²) in [6.45, 7) is 7.18. The molecule has 2 aliphatic heterocycles. The van der Waals surface area contributed by atoms with Crippen LogP contribution in [-0.4, -0.2) is 29.1 Å². The van der Waals surface area contributed by atoms with Crippen LogP contribution < -0.4 is 4.90 Å². The van der Waals surface area contributed by atoms with Crippen molar-refractivity contribution in [2.45, 2.75) is 11.8 Å². The fraction of sp³-hybridized carbons (Fsp3) is 0.120. The minimum atomic E-state index is -0.0156. The third-order valence-electron chi connectivity index (χ3n) is 5.25. The highest BCUT2D eigenvalue weighted by Gasteiger charge is 2.39. The lowest BCUT2D eigenvalue weighted by Crippen LogP contribution is -2.30. The van der Waals surface area contributed by atoms with E-state index in [4.69, 9.17) is 4.99 Å². The van der Waals surface area contributed by atoms with Crippen LogP contribution in [0.5, 0.6) is 0 Å². The molecule has 0 unspecified atom stereocenters. The van der Waals surface area contributed by atoms with Crippen LogP contribution in [-0.2, 0) is 4.79 Å². The molecule has 4 nitrogen and oxygen atoms in total. The van der Waals surface area contributed by atoms with E-state index < -0.39 is 0 Å². The van der Waals surface area contributed by atoms with Gasteiger partial charge in [-0.25, -0.2) is 4.99 Å². The summed E-state index contributed by atoms with van der Waals surface area (Å²) in [5.74, 6) is -0.0156. The Hall–Kier alpha value is -2.96. The molecular formula is C25H21N3OS2. The number of amides is 1. The summed E-state index contributed by atoms with van der Waals surface area (Å²) >= 11 is 3.11. The summed E-state index contributed by atoms with van der Waals surface area (Å²) in [6.07, 6.45) is 1.75. The van der Waals surface area contributed by atoms with Crippen LogP contribution in [0.3, 0.4) is 0 Å². The Morgan fingerprint density at radius 2 is 1.74 bits per heavy atom. The summed E-state index contributed by atoms with van der Waals surface area (Å²) in [4.78, 5) is 24.1. The van der Waals surface area contributed by atoms with Crippen LogP contribution in [0.15, 0.2) is 99.2 Å². The number of benzene rings is 3. The molecule has 0 spiro atoms. The molecule has 0 radical (unpaired) electrons. The van der Waals surface area contributed by atoms with Crippen LogP contribution in [0, 0.1) is 0 Å². The van der Waals surface area contributed by atoms with Gasteiger partial charge in [-0.1, -0.05) is 60.3 Å². The maximum atomic E-state index is 13.4. The number of hydrogen-bond acceptors (Lipinski definition) is 5. The van der Waals surface area contributed by atoms with Crippen LogP contribution in [0.2, 0.25) is 0 Å². The van der Waals surface area contributed by atoms with Crippen molar-refractivity contribution in [2.24, 2.45) is 4.99 Å². The molecular weight excluding hydrogens is 422 g/mol. The first kappa shape index (κ1) is 20.0. The van der Waals surface area contributed by atoms with Crippen molar-refractivity contribution < 1.29 is 4.79 Å². The zero-order chi connectivity index (χ0) is 21.4. The zero-order valence-electron chi connectivity index (χ0n) is 17.1. The van der Waals surface area contributed by atoms with Gasteiger partial charge in [0.05, 0.1) is 11.4 Å². The van der Waals surface area contributed by atoms with Gasteiger partial charge < -0.3 is 4.90 Å². The minimum absolute atomic E-state index is 0.0156. The van der Waals surface area contributed by atoms with E-state index in [1.807, 2.05) is 30.3 Å². The zero-order valence-corrected chi connectivity index (χ0v) is 18.7. The van der Waals surface area contributed by atoms with Gasteiger partial charge in [0.15, 0.2) is 5.17 Å². The first-order valence-electron chi connectivity index (χ1n) is 10.2. The number of fused-ring (bicyclic) bond motifs is 2. The first-order chi connectivity index (χ1) is 15.2. The predicted molar refractivity (Wildman–Crippen MR) is 133 cm³/mol. The van der Waals surface area contributed by atoms with Crippen LogP contribution in [0.25, 0.3) is 10.8 Å². The Morgan fingerprint density at radius 3 is 2.55 bits per heavy atom. The van der Waals surface area contributed by atoms with Gasteiger partial charge in [-0.3, -0.25) is 9.69 Å². The van der Waals surface area contributed by atoms with Gasteiger partial charge in [0.25, 0.3) is 5.91 Å². The molecule has 0 saturated carbocycles. The minimum Gasteiger partial charge on any atom is -0.334 e. The van der Waals surface area contributed by atoms with Gasteiger partial charge in [0, 0.05) is 18.0 Å². The van der Waals surface area contributed by atoms with Gasteiger partial charge >= 0.3 is 0 Å². The molecule has 5 rings (SSSR count). The molecule has 3 aromatic carbocycles. The molecule has 2 aliphatic rings. The standard InChI is InChI=1S/C25H21N3OS2/c1-3-15-28-23(29)22(24-27(4-2)20-11-7-8-12-21(20)30-24)31-25(28)26-19-14-13-17-9-5-6-10-18(17)16-19/h3,5-14,16H,1,4,15H2,2H3. The number of aliphatic imine (C=N–C) groups is 1. The van der Waals surface area contributed by atoms with Gasteiger partial charge in [0.1, 0.15) is 9.93 Å². The molecule has 31 heavy (non-hydrogen) atoms. The van der Waals surface area contributed by atoms with Crippen LogP contribution >= 0.6 is 23.5 Å². The van der Waals surface area contributed by atoms with Gasteiger partial charge in [-0.15, -0.1) is 6.58 Å².